The summed E-state index contributed by atoms with van der Waals surface area (Å²) in [5, 5.41) is 41.3. The Morgan fingerprint density at radius 1 is 1.11 bits per heavy atom. The number of ketones is 1. The fraction of sp³-hybridized carbons (Fsp3) is 0.379. The number of aromatic hydroxyl groups is 3. The molecule has 202 valence electrons. The standard InChI is InChI=1S/C29H34N2O7/c1-37-26-15-17(14-25(35)28(26)36)4-7-22(32)21(13-18-10-11-31-27(30)16-18)23(33)8-5-19-6-9-24(34)29-20(19)3-2-12-38-29/h6,9-11,14-16,21,23,33-36H,2-5,7-8,12-13H2,1H3,(H2,30,31)/t21-,23+/m0/s1. The minimum atomic E-state index is -0.923. The second kappa shape index (κ2) is 12.0. The Morgan fingerprint density at radius 3 is 2.68 bits per heavy atom. The molecule has 3 aromatic rings. The van der Waals surface area contributed by atoms with Gasteiger partial charge in [0.15, 0.2) is 23.0 Å². The molecule has 2 aromatic carbocycles. The van der Waals surface area contributed by atoms with Crippen LogP contribution in [0, 0.1) is 5.92 Å². The van der Waals surface area contributed by atoms with Crippen molar-refractivity contribution in [1.29, 1.82) is 0 Å². The predicted octanol–water partition coefficient (Wildman–Crippen LogP) is 3.47. The van der Waals surface area contributed by atoms with E-state index in [1.165, 1.54) is 13.2 Å². The molecule has 0 radical (unpaired) electrons. The first-order valence-electron chi connectivity index (χ1n) is 12.7. The Kier molecular flexibility index (Phi) is 8.58. The first-order valence-corrected chi connectivity index (χ1v) is 12.7. The van der Waals surface area contributed by atoms with Crippen molar-refractivity contribution >= 4 is 11.6 Å². The van der Waals surface area contributed by atoms with Gasteiger partial charge in [0.2, 0.25) is 5.75 Å². The van der Waals surface area contributed by atoms with Crippen LogP contribution in [-0.4, -0.2) is 51.0 Å². The van der Waals surface area contributed by atoms with E-state index in [-0.39, 0.29) is 35.2 Å². The quantitative estimate of drug-likeness (QED) is 0.238. The number of phenols is 3. The minimum Gasteiger partial charge on any atom is -0.504 e. The number of carbonyl (C=O) groups excluding carboxylic acids is 1. The number of aliphatic hydroxyl groups excluding tert-OH is 1. The number of aryl methyl sites for hydroxylation is 2. The van der Waals surface area contributed by atoms with Gasteiger partial charge in [-0.25, -0.2) is 4.98 Å². The number of benzene rings is 2. The number of aromatic nitrogens is 1. The normalized spacial score (nSPS) is 14.3. The van der Waals surface area contributed by atoms with E-state index in [0.717, 1.165) is 29.5 Å². The molecular weight excluding hydrogens is 488 g/mol. The molecule has 2 heterocycles. The summed E-state index contributed by atoms with van der Waals surface area (Å²) in [6.07, 6.45) is 3.89. The number of methoxy groups -OCH3 is 1. The lowest BCUT2D eigenvalue weighted by molar-refractivity contribution is -0.126. The lowest BCUT2D eigenvalue weighted by Gasteiger charge is -2.24. The van der Waals surface area contributed by atoms with Gasteiger partial charge in [-0.15, -0.1) is 0 Å². The van der Waals surface area contributed by atoms with Crippen LogP contribution in [0.3, 0.4) is 0 Å². The zero-order chi connectivity index (χ0) is 27.2. The van der Waals surface area contributed by atoms with Crippen molar-refractivity contribution in [1.82, 2.24) is 4.98 Å². The number of pyridine rings is 1. The van der Waals surface area contributed by atoms with Gasteiger partial charge in [0.25, 0.3) is 0 Å². The van der Waals surface area contributed by atoms with E-state index >= 15 is 0 Å². The average Bonchev–Trinajstić information content (AvgIpc) is 2.91. The van der Waals surface area contributed by atoms with Crippen LogP contribution in [0.4, 0.5) is 5.82 Å². The number of fused-ring (bicyclic) bond motifs is 1. The molecule has 0 saturated heterocycles. The van der Waals surface area contributed by atoms with Crippen molar-refractivity contribution in [2.45, 2.75) is 51.0 Å². The highest BCUT2D eigenvalue weighted by Gasteiger charge is 2.28. The number of nitrogens with two attached hydrogens (primary N) is 1. The van der Waals surface area contributed by atoms with Gasteiger partial charge in [-0.2, -0.15) is 0 Å². The van der Waals surface area contributed by atoms with E-state index in [1.807, 2.05) is 6.07 Å². The molecule has 9 nitrogen and oxygen atoms in total. The van der Waals surface area contributed by atoms with Crippen LogP contribution in [0.25, 0.3) is 0 Å². The van der Waals surface area contributed by atoms with Gasteiger partial charge < -0.3 is 35.6 Å². The number of hydrogen-bond acceptors (Lipinski definition) is 9. The second-order valence-corrected chi connectivity index (χ2v) is 9.64. The van der Waals surface area contributed by atoms with Crippen molar-refractivity contribution in [2.75, 3.05) is 19.5 Å². The summed E-state index contributed by atoms with van der Waals surface area (Å²) in [5.41, 5.74) is 9.21. The summed E-state index contributed by atoms with van der Waals surface area (Å²) in [5.74, 6) is -0.406. The molecule has 0 fully saturated rings. The third-order valence-corrected chi connectivity index (χ3v) is 7.04. The van der Waals surface area contributed by atoms with Crippen LogP contribution in [0.1, 0.15) is 41.5 Å². The molecule has 38 heavy (non-hydrogen) atoms. The summed E-state index contributed by atoms with van der Waals surface area (Å²) in [6, 6.07) is 9.91. The fourth-order valence-electron chi connectivity index (χ4n) is 4.99. The average molecular weight is 523 g/mol. The van der Waals surface area contributed by atoms with Gasteiger partial charge >= 0.3 is 0 Å². The Hall–Kier alpha value is -3.98. The van der Waals surface area contributed by atoms with Gasteiger partial charge in [0, 0.05) is 24.1 Å². The summed E-state index contributed by atoms with van der Waals surface area (Å²) >= 11 is 0. The largest absolute Gasteiger partial charge is 0.504 e. The number of aliphatic hydroxyl groups is 1. The minimum absolute atomic E-state index is 0.115. The number of rotatable bonds is 11. The Balaban J connectivity index is 1.50. The van der Waals surface area contributed by atoms with Crippen molar-refractivity contribution in [3.8, 4) is 28.7 Å². The van der Waals surface area contributed by atoms with E-state index in [1.54, 1.807) is 30.5 Å². The number of nitrogen functional groups attached to an aromatic ring is 1. The number of nitrogens with zero attached hydrogens (tertiary/aromatic N) is 1. The maximum atomic E-state index is 13.4. The number of phenolic OH excluding ortho intramolecular Hbond substituents is 3. The van der Waals surface area contributed by atoms with Crippen LogP contribution in [0.2, 0.25) is 0 Å². The molecule has 0 saturated carbocycles. The molecule has 4 rings (SSSR count). The highest BCUT2D eigenvalue weighted by Crippen LogP contribution is 2.38. The van der Waals surface area contributed by atoms with Crippen LogP contribution >= 0.6 is 0 Å². The summed E-state index contributed by atoms with van der Waals surface area (Å²) in [4.78, 5) is 17.4. The molecular formula is C29H34N2O7. The van der Waals surface area contributed by atoms with E-state index in [2.05, 4.69) is 4.98 Å². The predicted molar refractivity (Wildman–Crippen MR) is 142 cm³/mol. The molecule has 0 amide bonds. The number of ether oxygens (including phenoxy) is 2. The topological polar surface area (TPSA) is 155 Å². The maximum absolute atomic E-state index is 13.4. The van der Waals surface area contributed by atoms with Crippen molar-refractivity contribution in [2.24, 2.45) is 5.92 Å². The highest BCUT2D eigenvalue weighted by molar-refractivity contribution is 5.82. The van der Waals surface area contributed by atoms with E-state index in [0.29, 0.717) is 49.4 Å². The molecule has 1 aliphatic rings. The maximum Gasteiger partial charge on any atom is 0.200 e. The fourth-order valence-corrected chi connectivity index (χ4v) is 4.99. The summed E-state index contributed by atoms with van der Waals surface area (Å²) in [6.45, 7) is 0.558. The first kappa shape index (κ1) is 27.1. The third kappa shape index (κ3) is 6.28. The Morgan fingerprint density at radius 2 is 1.92 bits per heavy atom. The molecule has 0 unspecified atom stereocenters. The second-order valence-electron chi connectivity index (χ2n) is 9.64. The summed E-state index contributed by atoms with van der Waals surface area (Å²) in [7, 11) is 1.38. The van der Waals surface area contributed by atoms with Gasteiger partial charge in [-0.3, -0.25) is 4.79 Å². The number of anilines is 1. The monoisotopic (exact) mass is 522 g/mol. The Labute approximate surface area is 221 Å². The van der Waals surface area contributed by atoms with Crippen molar-refractivity contribution in [3.05, 3.63) is 64.8 Å². The van der Waals surface area contributed by atoms with Crippen LogP contribution in [0.5, 0.6) is 28.7 Å². The van der Waals surface area contributed by atoms with Crippen molar-refractivity contribution in [3.63, 3.8) is 0 Å². The van der Waals surface area contributed by atoms with E-state index in [9.17, 15) is 25.2 Å². The number of Topliss-reactive ketones (excluding diaryl/α,β-unsaturated/α-hetero) is 1. The molecule has 0 spiro atoms. The number of carbonyl (C=O) groups is 1. The van der Waals surface area contributed by atoms with Crippen LogP contribution < -0.4 is 15.2 Å². The van der Waals surface area contributed by atoms with E-state index in [4.69, 9.17) is 15.2 Å². The van der Waals surface area contributed by atoms with Crippen molar-refractivity contribution < 1.29 is 34.7 Å². The molecule has 1 aromatic heterocycles. The molecule has 2 atom stereocenters. The zero-order valence-electron chi connectivity index (χ0n) is 21.4. The van der Waals surface area contributed by atoms with Gasteiger partial charge in [-0.05, 0) is 85.5 Å². The third-order valence-electron chi connectivity index (χ3n) is 7.04. The lowest BCUT2D eigenvalue weighted by atomic mass is 9.84. The zero-order valence-corrected chi connectivity index (χ0v) is 21.4. The molecule has 1 aliphatic heterocycles. The van der Waals surface area contributed by atoms with Gasteiger partial charge in [-0.1, -0.05) is 6.07 Å². The number of hydrogen-bond donors (Lipinski definition) is 5. The highest BCUT2D eigenvalue weighted by atomic mass is 16.5. The molecule has 0 bridgehead atoms. The van der Waals surface area contributed by atoms with Crippen LogP contribution in [-0.2, 0) is 30.5 Å². The smallest absolute Gasteiger partial charge is 0.200 e. The molecule has 0 aliphatic carbocycles. The lowest BCUT2D eigenvalue weighted by Crippen LogP contribution is -2.31. The summed E-state index contributed by atoms with van der Waals surface area (Å²) < 4.78 is 10.7. The first-order chi connectivity index (χ1) is 18.3. The van der Waals surface area contributed by atoms with Gasteiger partial charge in [0.1, 0.15) is 11.6 Å². The SMILES string of the molecule is COc1cc(CCC(=O)[C@H](Cc2ccnc(N)c2)[C@H](O)CCc2ccc(O)c3c2CCCO3)cc(O)c1O. The van der Waals surface area contributed by atoms with E-state index < -0.39 is 12.0 Å². The van der Waals surface area contributed by atoms with Crippen LogP contribution in [0.15, 0.2) is 42.6 Å². The van der Waals surface area contributed by atoms with Gasteiger partial charge in [0.05, 0.1) is 19.8 Å². The molecule has 6 N–H and O–H groups in total. The molecule has 9 heteroatoms. The Bertz CT molecular complexity index is 1290.